The van der Waals surface area contributed by atoms with E-state index in [1.807, 2.05) is 61.3 Å². The van der Waals surface area contributed by atoms with Crippen molar-refractivity contribution in [2.24, 2.45) is 0 Å². The van der Waals surface area contributed by atoms with E-state index < -0.39 is 0 Å². The third-order valence-corrected chi connectivity index (χ3v) is 7.82. The molecule has 3 heterocycles. The number of amides is 2. The highest BCUT2D eigenvalue weighted by Crippen LogP contribution is 2.32. The third kappa shape index (κ3) is 4.48. The van der Waals surface area contributed by atoms with Crippen molar-refractivity contribution in [3.63, 3.8) is 0 Å². The third-order valence-electron chi connectivity index (χ3n) is 7.82. The van der Waals surface area contributed by atoms with Crippen LogP contribution in [0.15, 0.2) is 48.7 Å². The van der Waals surface area contributed by atoms with Crippen LogP contribution >= 0.6 is 0 Å². The van der Waals surface area contributed by atoms with Gasteiger partial charge in [-0.1, -0.05) is 12.1 Å². The van der Waals surface area contributed by atoms with E-state index in [0.717, 1.165) is 77.5 Å². The Morgan fingerprint density at radius 1 is 1.03 bits per heavy atom. The minimum Gasteiger partial charge on any atom is -0.349 e. The lowest BCUT2D eigenvalue weighted by Gasteiger charge is -2.37. The van der Waals surface area contributed by atoms with Gasteiger partial charge in [-0.2, -0.15) is 0 Å². The maximum atomic E-state index is 14.3. The Labute approximate surface area is 216 Å². The average Bonchev–Trinajstić information content (AvgIpc) is 3.64. The number of benzene rings is 2. The highest BCUT2D eigenvalue weighted by Gasteiger charge is 2.31. The van der Waals surface area contributed by atoms with Gasteiger partial charge < -0.3 is 20.1 Å². The highest BCUT2D eigenvalue weighted by molar-refractivity contribution is 6.14. The lowest BCUT2D eigenvalue weighted by molar-refractivity contribution is 0.0944. The fraction of sp³-hybridized carbons (Fsp3) is 0.367. The van der Waals surface area contributed by atoms with Crippen LogP contribution in [0.25, 0.3) is 21.9 Å². The summed E-state index contributed by atoms with van der Waals surface area (Å²) in [6.45, 7) is 5.90. The quantitative estimate of drug-likeness (QED) is 0.410. The number of likely N-dealkylation sites (tertiary alicyclic amines) is 1. The number of nitrogens with one attached hydrogen (secondary N) is 2. The van der Waals surface area contributed by atoms with Crippen molar-refractivity contribution in [3.05, 3.63) is 70.9 Å². The molecule has 2 aromatic heterocycles. The summed E-state index contributed by atoms with van der Waals surface area (Å²) >= 11 is 0. The lowest BCUT2D eigenvalue weighted by Crippen LogP contribution is -2.47. The van der Waals surface area contributed by atoms with Gasteiger partial charge in [0.2, 0.25) is 0 Å². The zero-order chi connectivity index (χ0) is 25.7. The van der Waals surface area contributed by atoms with Gasteiger partial charge in [0, 0.05) is 45.9 Å². The van der Waals surface area contributed by atoms with E-state index in [9.17, 15) is 9.59 Å². The number of H-pyrrole nitrogens is 1. The average molecular weight is 496 g/mol. The summed E-state index contributed by atoms with van der Waals surface area (Å²) in [5.41, 5.74) is 5.83. The molecular weight excluding hydrogens is 462 g/mol. The summed E-state index contributed by atoms with van der Waals surface area (Å²) in [5.74, 6) is -0.102. The van der Waals surface area contributed by atoms with E-state index in [-0.39, 0.29) is 23.9 Å². The summed E-state index contributed by atoms with van der Waals surface area (Å²) in [6.07, 6.45) is 5.70. The number of nitrogens with zero attached hydrogens (tertiary/aromatic N) is 3. The molecule has 37 heavy (non-hydrogen) atoms. The number of hydrogen-bond acceptors (Lipinski definition) is 4. The van der Waals surface area contributed by atoms with Crippen LogP contribution < -0.4 is 10.2 Å². The molecule has 2 aromatic carbocycles. The number of aromatic amines is 1. The van der Waals surface area contributed by atoms with E-state index in [1.165, 1.54) is 0 Å². The molecule has 7 heteroatoms. The van der Waals surface area contributed by atoms with Crippen LogP contribution in [-0.2, 0) is 0 Å². The molecule has 0 bridgehead atoms. The number of piperidine rings is 1. The fourth-order valence-electron chi connectivity index (χ4n) is 5.49. The molecule has 0 atom stereocenters. The van der Waals surface area contributed by atoms with Gasteiger partial charge in [-0.3, -0.25) is 9.59 Å². The van der Waals surface area contributed by atoms with Crippen molar-refractivity contribution >= 4 is 39.4 Å². The Bertz CT molecular complexity index is 1510. The minimum atomic E-state index is -0.0707. The standard InChI is InChI=1S/C30H33N5O2/c1-18-15-26-25-10-9-24(19(2)27(25)33-28(26)31-17-18)30(37)35(22-11-13-34(3)14-12-22)23-6-4-5-20(16-23)29(36)32-21-7-8-21/h4-6,9-10,15-17,21-22H,7-8,11-14H2,1-3H3,(H,31,33)(H,32,36). The molecule has 2 amide bonds. The first-order valence-electron chi connectivity index (χ1n) is 13.2. The van der Waals surface area contributed by atoms with Crippen LogP contribution in [0.5, 0.6) is 0 Å². The highest BCUT2D eigenvalue weighted by atomic mass is 16.2. The summed E-state index contributed by atoms with van der Waals surface area (Å²) in [4.78, 5) is 39.3. The molecular formula is C30H33N5O2. The van der Waals surface area contributed by atoms with Crippen molar-refractivity contribution in [1.29, 1.82) is 0 Å². The molecule has 6 rings (SSSR count). The van der Waals surface area contributed by atoms with Crippen molar-refractivity contribution in [2.75, 3.05) is 25.0 Å². The molecule has 1 saturated heterocycles. The molecule has 190 valence electrons. The van der Waals surface area contributed by atoms with Crippen LogP contribution in [0.2, 0.25) is 0 Å². The second-order valence-electron chi connectivity index (χ2n) is 10.7. The van der Waals surface area contributed by atoms with E-state index in [1.54, 1.807) is 0 Å². The van der Waals surface area contributed by atoms with Gasteiger partial charge in [0.15, 0.2) is 0 Å². The van der Waals surface area contributed by atoms with Crippen LogP contribution in [0, 0.1) is 13.8 Å². The second-order valence-corrected chi connectivity index (χ2v) is 10.7. The largest absolute Gasteiger partial charge is 0.349 e. The summed E-state index contributed by atoms with van der Waals surface area (Å²) < 4.78 is 0. The van der Waals surface area contributed by atoms with Gasteiger partial charge in [0.05, 0.1) is 5.52 Å². The first-order chi connectivity index (χ1) is 17.9. The molecule has 1 saturated carbocycles. The first kappa shape index (κ1) is 23.7. The number of anilines is 1. The van der Waals surface area contributed by atoms with Crippen LogP contribution in [-0.4, -0.2) is 58.9 Å². The Hall–Kier alpha value is -3.71. The number of aromatic nitrogens is 2. The van der Waals surface area contributed by atoms with Gasteiger partial charge >= 0.3 is 0 Å². The maximum Gasteiger partial charge on any atom is 0.258 e. The van der Waals surface area contributed by atoms with E-state index in [0.29, 0.717) is 11.1 Å². The monoisotopic (exact) mass is 495 g/mol. The van der Waals surface area contributed by atoms with Crippen molar-refractivity contribution in [2.45, 2.75) is 51.6 Å². The SMILES string of the molecule is Cc1cnc2[nH]c3c(C)c(C(=O)N(c4cccc(C(=O)NC5CC5)c4)C4CCN(C)CC4)ccc3c2c1. The molecule has 1 aliphatic carbocycles. The number of pyridine rings is 1. The number of carbonyl (C=O) groups is 2. The molecule has 4 aromatic rings. The molecule has 7 nitrogen and oxygen atoms in total. The van der Waals surface area contributed by atoms with Crippen LogP contribution in [0.4, 0.5) is 5.69 Å². The second kappa shape index (κ2) is 9.30. The molecule has 2 aliphatic rings. The zero-order valence-corrected chi connectivity index (χ0v) is 21.7. The van der Waals surface area contributed by atoms with Crippen LogP contribution in [0.3, 0.4) is 0 Å². The number of hydrogen-bond donors (Lipinski definition) is 2. The van der Waals surface area contributed by atoms with Gasteiger partial charge in [-0.15, -0.1) is 0 Å². The molecule has 0 unspecified atom stereocenters. The molecule has 2 N–H and O–H groups in total. The minimum absolute atomic E-state index is 0.0310. The van der Waals surface area contributed by atoms with Crippen molar-refractivity contribution < 1.29 is 9.59 Å². The number of rotatable bonds is 5. The number of fused-ring (bicyclic) bond motifs is 3. The van der Waals surface area contributed by atoms with E-state index in [4.69, 9.17) is 0 Å². The predicted molar refractivity (Wildman–Crippen MR) is 147 cm³/mol. The van der Waals surface area contributed by atoms with Crippen molar-refractivity contribution in [1.82, 2.24) is 20.2 Å². The molecule has 0 radical (unpaired) electrons. The normalized spacial score (nSPS) is 16.8. The van der Waals surface area contributed by atoms with Gasteiger partial charge in [0.1, 0.15) is 5.65 Å². The Morgan fingerprint density at radius 3 is 2.57 bits per heavy atom. The van der Waals surface area contributed by atoms with Gasteiger partial charge in [0.25, 0.3) is 11.8 Å². The van der Waals surface area contributed by atoms with Crippen molar-refractivity contribution in [3.8, 4) is 0 Å². The summed E-state index contributed by atoms with van der Waals surface area (Å²) in [5, 5.41) is 5.21. The van der Waals surface area contributed by atoms with E-state index >= 15 is 0 Å². The molecule has 2 fully saturated rings. The van der Waals surface area contributed by atoms with E-state index in [2.05, 4.69) is 33.3 Å². The van der Waals surface area contributed by atoms with Crippen LogP contribution in [0.1, 0.15) is 57.5 Å². The first-order valence-corrected chi connectivity index (χ1v) is 13.2. The summed E-state index contributed by atoms with van der Waals surface area (Å²) in [7, 11) is 2.12. The van der Waals surface area contributed by atoms with Gasteiger partial charge in [-0.05, 0) is 101 Å². The maximum absolute atomic E-state index is 14.3. The molecule has 0 spiro atoms. The number of carbonyl (C=O) groups excluding carboxylic acids is 2. The summed E-state index contributed by atoms with van der Waals surface area (Å²) in [6, 6.07) is 14.0. The predicted octanol–water partition coefficient (Wildman–Crippen LogP) is 4.97. The zero-order valence-electron chi connectivity index (χ0n) is 21.7. The Kier molecular flexibility index (Phi) is 5.95. The Morgan fingerprint density at radius 2 is 1.81 bits per heavy atom. The molecule has 1 aliphatic heterocycles. The lowest BCUT2D eigenvalue weighted by atomic mass is 9.98. The topological polar surface area (TPSA) is 81.3 Å². The number of aryl methyl sites for hydroxylation is 2. The van der Waals surface area contributed by atoms with Gasteiger partial charge in [-0.25, -0.2) is 4.98 Å². The Balaban J connectivity index is 1.41. The smallest absolute Gasteiger partial charge is 0.258 e. The fourth-order valence-corrected chi connectivity index (χ4v) is 5.49.